The maximum absolute atomic E-state index is 12.3. The summed E-state index contributed by atoms with van der Waals surface area (Å²) in [6.45, 7) is 5.06. The largest absolute Gasteiger partial charge is 0.389 e. The normalized spacial score (nSPS) is 15.3. The molecule has 0 aromatic heterocycles. The van der Waals surface area contributed by atoms with Gasteiger partial charge in [-0.1, -0.05) is 30.3 Å². The zero-order valence-corrected chi connectivity index (χ0v) is 13.2. The van der Waals surface area contributed by atoms with E-state index in [1.165, 1.54) is 0 Å². The summed E-state index contributed by atoms with van der Waals surface area (Å²) in [4.78, 5) is 16.2. The minimum absolute atomic E-state index is 0.137. The van der Waals surface area contributed by atoms with Gasteiger partial charge in [0.15, 0.2) is 0 Å². The number of amides is 1. The molecule has 1 aliphatic carbocycles. The third kappa shape index (κ3) is 5.48. The predicted molar refractivity (Wildman–Crippen MR) is 83.8 cm³/mol. The second-order valence-electron chi connectivity index (χ2n) is 6.68. The van der Waals surface area contributed by atoms with Crippen LogP contribution in [0.4, 0.5) is 0 Å². The highest BCUT2D eigenvalue weighted by Crippen LogP contribution is 2.25. The van der Waals surface area contributed by atoms with E-state index in [-0.39, 0.29) is 5.91 Å². The predicted octanol–water partition coefficient (Wildman–Crippen LogP) is 1.88. The van der Waals surface area contributed by atoms with E-state index in [1.807, 2.05) is 47.2 Å². The van der Waals surface area contributed by atoms with Crippen molar-refractivity contribution >= 4 is 5.91 Å². The van der Waals surface area contributed by atoms with Crippen molar-refractivity contribution in [2.24, 2.45) is 0 Å². The lowest BCUT2D eigenvalue weighted by Crippen LogP contribution is -2.44. The van der Waals surface area contributed by atoms with Crippen LogP contribution in [0.3, 0.4) is 0 Å². The molecule has 4 nitrogen and oxygen atoms in total. The first-order chi connectivity index (χ1) is 9.85. The molecule has 1 amide bonds. The Morgan fingerprint density at radius 3 is 2.43 bits per heavy atom. The van der Waals surface area contributed by atoms with Gasteiger partial charge in [-0.25, -0.2) is 0 Å². The van der Waals surface area contributed by atoms with Gasteiger partial charge >= 0.3 is 0 Å². The topological polar surface area (TPSA) is 43.8 Å². The summed E-state index contributed by atoms with van der Waals surface area (Å²) in [5, 5.41) is 10.1. The minimum atomic E-state index is -0.812. The van der Waals surface area contributed by atoms with E-state index >= 15 is 0 Å². The van der Waals surface area contributed by atoms with Gasteiger partial charge in [-0.05, 0) is 32.3 Å². The Morgan fingerprint density at radius 1 is 1.29 bits per heavy atom. The number of nitrogens with zero attached hydrogens (tertiary/aromatic N) is 2. The van der Waals surface area contributed by atoms with Gasteiger partial charge in [0.05, 0.1) is 12.1 Å². The highest BCUT2D eigenvalue weighted by Gasteiger charge is 2.30. The maximum Gasteiger partial charge on any atom is 0.236 e. The van der Waals surface area contributed by atoms with Crippen LogP contribution in [0.15, 0.2) is 30.3 Å². The summed E-state index contributed by atoms with van der Waals surface area (Å²) in [5.74, 6) is 0.137. The Kier molecular flexibility index (Phi) is 5.01. The fraction of sp³-hybridized carbons (Fsp3) is 0.588. The first kappa shape index (κ1) is 16.0. The fourth-order valence-corrected chi connectivity index (χ4v) is 2.52. The molecule has 4 heteroatoms. The zero-order chi connectivity index (χ0) is 15.5. The molecule has 116 valence electrons. The number of benzene rings is 1. The van der Waals surface area contributed by atoms with Crippen molar-refractivity contribution < 1.29 is 9.90 Å². The Labute approximate surface area is 127 Å². The summed E-state index contributed by atoms with van der Waals surface area (Å²) >= 11 is 0. The molecule has 1 aromatic rings. The second kappa shape index (κ2) is 6.58. The molecule has 1 N–H and O–H groups in total. The van der Waals surface area contributed by atoms with Gasteiger partial charge in [0.2, 0.25) is 5.91 Å². The van der Waals surface area contributed by atoms with E-state index < -0.39 is 5.60 Å². The fourth-order valence-electron chi connectivity index (χ4n) is 2.52. The van der Waals surface area contributed by atoms with Crippen molar-refractivity contribution in [3.8, 4) is 0 Å². The van der Waals surface area contributed by atoms with Crippen molar-refractivity contribution in [2.75, 3.05) is 20.1 Å². The first-order valence-corrected chi connectivity index (χ1v) is 7.59. The van der Waals surface area contributed by atoms with Gasteiger partial charge in [0.1, 0.15) is 0 Å². The second-order valence-corrected chi connectivity index (χ2v) is 6.68. The van der Waals surface area contributed by atoms with E-state index in [0.29, 0.717) is 25.7 Å². The van der Waals surface area contributed by atoms with Crippen LogP contribution < -0.4 is 0 Å². The van der Waals surface area contributed by atoms with Crippen molar-refractivity contribution in [1.29, 1.82) is 0 Å². The molecule has 0 bridgehead atoms. The molecule has 1 aliphatic rings. The van der Waals surface area contributed by atoms with Gasteiger partial charge < -0.3 is 10.0 Å². The summed E-state index contributed by atoms with van der Waals surface area (Å²) < 4.78 is 0. The standard InChI is InChI=1S/C17H26N2O2/c1-17(2,21)13-19(11-14-7-5-4-6-8-14)12-16(20)18(3)15-9-10-15/h4-8,15,21H,9-13H2,1-3H3. The number of aliphatic hydroxyl groups is 1. The van der Waals surface area contributed by atoms with Crippen LogP contribution in [0.2, 0.25) is 0 Å². The molecule has 1 fully saturated rings. The molecule has 0 heterocycles. The highest BCUT2D eigenvalue weighted by atomic mass is 16.3. The van der Waals surface area contributed by atoms with E-state index in [0.717, 1.165) is 18.4 Å². The van der Waals surface area contributed by atoms with Gasteiger partial charge in [0, 0.05) is 26.2 Å². The lowest BCUT2D eigenvalue weighted by atomic mass is 10.1. The Bertz CT molecular complexity index is 463. The molecule has 21 heavy (non-hydrogen) atoms. The summed E-state index contributed by atoms with van der Waals surface area (Å²) in [6, 6.07) is 10.5. The number of likely N-dealkylation sites (N-methyl/N-ethyl adjacent to an activating group) is 1. The zero-order valence-electron chi connectivity index (χ0n) is 13.2. The number of rotatable bonds is 7. The van der Waals surface area contributed by atoms with Crippen molar-refractivity contribution in [2.45, 2.75) is 44.9 Å². The van der Waals surface area contributed by atoms with Crippen LogP contribution in [0.5, 0.6) is 0 Å². The Hall–Kier alpha value is -1.39. The van der Waals surface area contributed by atoms with Gasteiger partial charge in [-0.2, -0.15) is 0 Å². The lowest BCUT2D eigenvalue weighted by molar-refractivity contribution is -0.132. The number of carbonyl (C=O) groups excluding carboxylic acids is 1. The Morgan fingerprint density at radius 2 is 1.90 bits per heavy atom. The number of hydrogen-bond donors (Lipinski definition) is 1. The summed E-state index contributed by atoms with van der Waals surface area (Å²) in [7, 11) is 1.88. The smallest absolute Gasteiger partial charge is 0.236 e. The minimum Gasteiger partial charge on any atom is -0.389 e. The van der Waals surface area contributed by atoms with E-state index in [1.54, 1.807) is 13.8 Å². The van der Waals surface area contributed by atoms with Crippen molar-refractivity contribution in [1.82, 2.24) is 9.80 Å². The average Bonchev–Trinajstić information content (AvgIpc) is 3.21. The van der Waals surface area contributed by atoms with Gasteiger partial charge in [0.25, 0.3) is 0 Å². The van der Waals surface area contributed by atoms with Crippen LogP contribution in [0, 0.1) is 0 Å². The summed E-state index contributed by atoms with van der Waals surface area (Å²) in [6.07, 6.45) is 2.23. The van der Waals surface area contributed by atoms with Crippen LogP contribution in [-0.2, 0) is 11.3 Å². The Balaban J connectivity index is 1.99. The molecular formula is C17H26N2O2. The van der Waals surface area contributed by atoms with Crippen LogP contribution in [-0.4, -0.2) is 52.6 Å². The molecular weight excluding hydrogens is 264 g/mol. The quantitative estimate of drug-likeness (QED) is 0.834. The SMILES string of the molecule is CN(C(=O)CN(Cc1ccccc1)CC(C)(C)O)C1CC1. The molecule has 0 aliphatic heterocycles. The van der Waals surface area contributed by atoms with E-state index in [9.17, 15) is 9.90 Å². The third-order valence-corrected chi connectivity index (χ3v) is 3.71. The van der Waals surface area contributed by atoms with Crippen LogP contribution in [0.25, 0.3) is 0 Å². The maximum atomic E-state index is 12.3. The monoisotopic (exact) mass is 290 g/mol. The molecule has 0 atom stereocenters. The van der Waals surface area contributed by atoms with Gasteiger partial charge in [-0.15, -0.1) is 0 Å². The number of carbonyl (C=O) groups is 1. The average molecular weight is 290 g/mol. The van der Waals surface area contributed by atoms with Crippen LogP contribution >= 0.6 is 0 Å². The lowest BCUT2D eigenvalue weighted by Gasteiger charge is -2.30. The molecule has 0 unspecified atom stereocenters. The molecule has 0 radical (unpaired) electrons. The highest BCUT2D eigenvalue weighted by molar-refractivity contribution is 5.78. The number of hydrogen-bond acceptors (Lipinski definition) is 3. The van der Waals surface area contributed by atoms with Crippen LogP contribution in [0.1, 0.15) is 32.3 Å². The van der Waals surface area contributed by atoms with E-state index in [2.05, 4.69) is 0 Å². The molecule has 0 spiro atoms. The molecule has 0 saturated heterocycles. The third-order valence-electron chi connectivity index (χ3n) is 3.71. The molecule has 1 saturated carbocycles. The van der Waals surface area contributed by atoms with Crippen molar-refractivity contribution in [3.05, 3.63) is 35.9 Å². The van der Waals surface area contributed by atoms with Crippen molar-refractivity contribution in [3.63, 3.8) is 0 Å². The van der Waals surface area contributed by atoms with Gasteiger partial charge in [-0.3, -0.25) is 9.69 Å². The summed E-state index contributed by atoms with van der Waals surface area (Å²) in [5.41, 5.74) is 0.344. The molecule has 2 rings (SSSR count). The molecule has 1 aromatic carbocycles. The first-order valence-electron chi connectivity index (χ1n) is 7.59. The van der Waals surface area contributed by atoms with E-state index in [4.69, 9.17) is 0 Å².